The molecule has 2 heterocycles. The number of rotatable bonds is 5. The Hall–Kier alpha value is -1.85. The van der Waals surface area contributed by atoms with Crippen LogP contribution < -0.4 is 10.4 Å². The number of aromatic nitrogens is 2. The number of nitrogens with zero attached hydrogens (tertiary/aromatic N) is 1. The van der Waals surface area contributed by atoms with Crippen molar-refractivity contribution in [1.29, 1.82) is 0 Å². The van der Waals surface area contributed by atoms with E-state index < -0.39 is 24.0 Å². The molecule has 0 saturated carbocycles. The number of quaternary nitrogens is 1. The molecule has 1 fully saturated rings. The Balaban J connectivity index is 0.000000272. The summed E-state index contributed by atoms with van der Waals surface area (Å²) in [5.41, 5.74) is 0.780. The number of thioether (sulfide) groups is 1. The summed E-state index contributed by atoms with van der Waals surface area (Å²) in [5.74, 6) is -1.68. The molecule has 0 radical (unpaired) electrons. The molecule has 1 saturated heterocycles. The van der Waals surface area contributed by atoms with Gasteiger partial charge in [0.25, 0.3) is 5.24 Å². The van der Waals surface area contributed by atoms with Crippen LogP contribution in [0.3, 0.4) is 0 Å². The van der Waals surface area contributed by atoms with Gasteiger partial charge < -0.3 is 34.8 Å². The van der Waals surface area contributed by atoms with Crippen LogP contribution in [0.5, 0.6) is 0 Å². The van der Waals surface area contributed by atoms with Crippen LogP contribution in [-0.2, 0) is 16.0 Å². The Morgan fingerprint density at radius 3 is 2.42 bits per heavy atom. The number of carbonyl (C=O) groups is 3. The highest BCUT2D eigenvalue weighted by Crippen LogP contribution is 2.12. The molecule has 11 heteroatoms. The van der Waals surface area contributed by atoms with Crippen LogP contribution in [0.1, 0.15) is 5.69 Å². The normalized spacial score (nSPS) is 18.3. The van der Waals surface area contributed by atoms with Gasteiger partial charge in [-0.1, -0.05) is 11.8 Å². The van der Waals surface area contributed by atoms with Gasteiger partial charge in [-0.25, -0.2) is 4.79 Å². The summed E-state index contributed by atoms with van der Waals surface area (Å²) < 4.78 is 0.817. The van der Waals surface area contributed by atoms with E-state index in [0.717, 1.165) is 17.5 Å². The Labute approximate surface area is 148 Å². The number of hydrogen-bond acceptors (Lipinski definition) is 6. The van der Waals surface area contributed by atoms with Crippen LogP contribution in [0, 0.1) is 4.77 Å². The Kier molecular flexibility index (Phi) is 6.99. The van der Waals surface area contributed by atoms with E-state index in [1.54, 1.807) is 6.20 Å². The molecule has 0 aliphatic carbocycles. The van der Waals surface area contributed by atoms with Crippen molar-refractivity contribution >= 4 is 41.2 Å². The Morgan fingerprint density at radius 2 is 2.12 bits per heavy atom. The second-order valence-corrected chi connectivity index (χ2v) is 7.46. The fourth-order valence-corrected chi connectivity index (χ4v) is 2.84. The van der Waals surface area contributed by atoms with Crippen molar-refractivity contribution in [3.05, 3.63) is 16.7 Å². The predicted octanol–water partition coefficient (Wildman–Crippen LogP) is -0.665. The highest BCUT2D eigenvalue weighted by atomic mass is 32.2. The Bertz CT molecular complexity index is 664. The standard InChI is InChI=1S/C9H15N3O2S.C4H5NO3S/c1-12(2,3)7(8(13)14)4-6-5-10-9(15)11-6;6-3(7)2-1-9-4(8)5-2/h5,7H,4H2,1-3H3,(H2-,10,11,13,14,15);2H,1H2,(H,5,8)(H,6,7)/t7-;2-/m00/s1. The summed E-state index contributed by atoms with van der Waals surface area (Å²) in [4.78, 5) is 37.1. The van der Waals surface area contributed by atoms with Gasteiger partial charge in [0.1, 0.15) is 12.1 Å². The number of carboxylic acids is 2. The van der Waals surface area contributed by atoms with Gasteiger partial charge in [0.15, 0.2) is 4.77 Å². The first-order valence-corrected chi connectivity index (χ1v) is 8.34. The highest BCUT2D eigenvalue weighted by Gasteiger charge is 2.27. The third-order valence-corrected chi connectivity index (χ3v) is 4.34. The van der Waals surface area contributed by atoms with Crippen molar-refractivity contribution in [2.45, 2.75) is 18.5 Å². The monoisotopic (exact) mass is 376 g/mol. The number of carboxylic acid groups (broad SMARTS) is 2. The maximum Gasteiger partial charge on any atom is 0.327 e. The van der Waals surface area contributed by atoms with E-state index in [2.05, 4.69) is 15.3 Å². The van der Waals surface area contributed by atoms with Crippen molar-refractivity contribution in [1.82, 2.24) is 15.3 Å². The molecule has 134 valence electrons. The number of carbonyl (C=O) groups excluding carboxylic acids is 2. The van der Waals surface area contributed by atoms with E-state index in [1.165, 1.54) is 0 Å². The number of aromatic amines is 2. The van der Waals surface area contributed by atoms with Gasteiger partial charge in [-0.3, -0.25) is 4.79 Å². The van der Waals surface area contributed by atoms with Crippen LogP contribution in [0.25, 0.3) is 0 Å². The average molecular weight is 376 g/mol. The SMILES string of the molecule is C[N+](C)(C)[C@@H](Cc1c[nH]c(=S)[nH]1)C(=O)[O-].O=C1N[C@H](C(=O)O)CS1. The molecule has 0 aromatic carbocycles. The molecule has 0 spiro atoms. The van der Waals surface area contributed by atoms with Gasteiger partial charge in [-0.2, -0.15) is 0 Å². The molecule has 0 bridgehead atoms. The highest BCUT2D eigenvalue weighted by molar-refractivity contribution is 8.14. The molecule has 4 N–H and O–H groups in total. The van der Waals surface area contributed by atoms with Crippen LogP contribution in [-0.4, -0.2) is 75.7 Å². The predicted molar refractivity (Wildman–Crippen MR) is 88.9 cm³/mol. The lowest BCUT2D eigenvalue weighted by molar-refractivity contribution is -0.889. The van der Waals surface area contributed by atoms with E-state index in [0.29, 0.717) is 21.4 Å². The summed E-state index contributed by atoms with van der Waals surface area (Å²) in [6, 6.07) is -1.27. The maximum absolute atomic E-state index is 11.0. The molecule has 1 aromatic heterocycles. The second kappa shape index (κ2) is 8.31. The first-order valence-electron chi connectivity index (χ1n) is 6.95. The third-order valence-electron chi connectivity index (χ3n) is 3.24. The molecular weight excluding hydrogens is 356 g/mol. The quantitative estimate of drug-likeness (QED) is 0.395. The summed E-state index contributed by atoms with van der Waals surface area (Å²) in [7, 11) is 5.46. The smallest absolute Gasteiger partial charge is 0.327 e. The first-order chi connectivity index (χ1) is 11.0. The lowest BCUT2D eigenvalue weighted by Crippen LogP contribution is -2.55. The molecular formula is C13H20N4O5S2. The minimum absolute atomic E-state index is 0.248. The van der Waals surface area contributed by atoms with Gasteiger partial charge >= 0.3 is 5.97 Å². The lowest BCUT2D eigenvalue weighted by Gasteiger charge is -2.34. The fraction of sp³-hybridized carbons (Fsp3) is 0.538. The average Bonchev–Trinajstić information content (AvgIpc) is 3.04. The van der Waals surface area contributed by atoms with Crippen molar-refractivity contribution in [2.24, 2.45) is 0 Å². The lowest BCUT2D eigenvalue weighted by atomic mass is 10.1. The van der Waals surface area contributed by atoms with Crippen LogP contribution in [0.2, 0.25) is 0 Å². The summed E-state index contributed by atoms with van der Waals surface area (Å²) >= 11 is 5.87. The number of imidazole rings is 1. The molecule has 9 nitrogen and oxygen atoms in total. The zero-order chi connectivity index (χ0) is 18.5. The molecule has 2 atom stereocenters. The third kappa shape index (κ3) is 6.34. The van der Waals surface area contributed by atoms with Crippen LogP contribution in [0.15, 0.2) is 6.20 Å². The summed E-state index contributed by atoms with van der Waals surface area (Å²) in [6.45, 7) is 0. The van der Waals surface area contributed by atoms with Gasteiger partial charge in [0.2, 0.25) is 0 Å². The van der Waals surface area contributed by atoms with Crippen molar-refractivity contribution < 1.29 is 29.1 Å². The molecule has 1 aliphatic heterocycles. The van der Waals surface area contributed by atoms with E-state index in [9.17, 15) is 19.5 Å². The van der Waals surface area contributed by atoms with Gasteiger partial charge in [0, 0.05) is 24.1 Å². The number of hydrogen-bond donors (Lipinski definition) is 4. The number of H-pyrrole nitrogens is 2. The van der Waals surface area contributed by atoms with Crippen molar-refractivity contribution in [2.75, 3.05) is 26.9 Å². The molecule has 24 heavy (non-hydrogen) atoms. The summed E-state index contributed by atoms with van der Waals surface area (Å²) in [5, 5.41) is 21.3. The van der Waals surface area contributed by atoms with Crippen molar-refractivity contribution in [3.63, 3.8) is 0 Å². The van der Waals surface area contributed by atoms with Gasteiger partial charge in [-0.05, 0) is 12.2 Å². The number of nitrogens with one attached hydrogen (secondary N) is 3. The summed E-state index contributed by atoms with van der Waals surface area (Å²) in [6.07, 6.45) is 2.06. The minimum atomic E-state index is -1.05. The number of likely N-dealkylation sites (N-methyl/N-ethyl adjacent to an activating group) is 1. The molecule has 2 rings (SSSR count). The second-order valence-electron chi connectivity index (χ2n) is 6.06. The zero-order valence-electron chi connectivity index (χ0n) is 13.5. The van der Waals surface area contributed by atoms with Crippen LogP contribution >= 0.6 is 24.0 Å². The molecule has 1 aromatic rings. The van der Waals surface area contributed by atoms with Gasteiger partial charge in [-0.15, -0.1) is 0 Å². The molecule has 0 unspecified atom stereocenters. The molecule has 1 amide bonds. The van der Waals surface area contributed by atoms with Crippen LogP contribution in [0.4, 0.5) is 4.79 Å². The van der Waals surface area contributed by atoms with E-state index in [1.807, 2.05) is 21.1 Å². The number of amides is 1. The Morgan fingerprint density at radius 1 is 1.50 bits per heavy atom. The molecule has 1 aliphatic rings. The van der Waals surface area contributed by atoms with Gasteiger partial charge in [0.05, 0.1) is 27.1 Å². The van der Waals surface area contributed by atoms with E-state index in [4.69, 9.17) is 17.3 Å². The van der Waals surface area contributed by atoms with Crippen molar-refractivity contribution in [3.8, 4) is 0 Å². The topological polar surface area (TPSA) is 138 Å². The fourth-order valence-electron chi connectivity index (χ4n) is 1.88. The van der Waals surface area contributed by atoms with E-state index >= 15 is 0 Å². The zero-order valence-corrected chi connectivity index (χ0v) is 15.1. The largest absolute Gasteiger partial charge is 0.544 e. The first kappa shape index (κ1) is 20.2. The minimum Gasteiger partial charge on any atom is -0.544 e. The number of aliphatic carboxylic acids is 2. The van der Waals surface area contributed by atoms with E-state index in [-0.39, 0.29) is 5.24 Å². The maximum atomic E-state index is 11.0.